The fourth-order valence-electron chi connectivity index (χ4n) is 1.37. The third-order valence-electron chi connectivity index (χ3n) is 1.97. The van der Waals surface area contributed by atoms with Gasteiger partial charge in [0.2, 0.25) is 0 Å². The summed E-state index contributed by atoms with van der Waals surface area (Å²) < 4.78 is 0. The van der Waals surface area contributed by atoms with E-state index in [1.165, 1.54) is 0 Å². The Morgan fingerprint density at radius 2 is 2.15 bits per heavy atom. The van der Waals surface area contributed by atoms with E-state index in [2.05, 4.69) is 4.90 Å². The van der Waals surface area contributed by atoms with Crippen LogP contribution < -0.4 is 0 Å². The molecule has 0 radical (unpaired) electrons. The zero-order valence-electron chi connectivity index (χ0n) is 7.67. The van der Waals surface area contributed by atoms with Crippen molar-refractivity contribution in [3.63, 3.8) is 0 Å². The van der Waals surface area contributed by atoms with Crippen molar-refractivity contribution >= 4 is 29.2 Å². The molecule has 0 amide bonds. The van der Waals surface area contributed by atoms with Crippen molar-refractivity contribution < 1.29 is 9.90 Å². The minimum absolute atomic E-state index is 0.126. The summed E-state index contributed by atoms with van der Waals surface area (Å²) in [6.45, 7) is 1.76. The molecule has 13 heavy (non-hydrogen) atoms. The van der Waals surface area contributed by atoms with Crippen molar-refractivity contribution in [2.75, 3.05) is 25.5 Å². The molecule has 1 atom stereocenters. The van der Waals surface area contributed by atoms with Gasteiger partial charge in [0.25, 0.3) is 0 Å². The van der Waals surface area contributed by atoms with Gasteiger partial charge in [0, 0.05) is 6.54 Å². The highest BCUT2D eigenvalue weighted by Crippen LogP contribution is 2.14. The Balaban J connectivity index is 0.000000424. The second-order valence-corrected chi connectivity index (χ2v) is 3.85. The summed E-state index contributed by atoms with van der Waals surface area (Å²) in [7, 11) is 1.97. The lowest BCUT2D eigenvalue weighted by Crippen LogP contribution is -2.35. The summed E-state index contributed by atoms with van der Waals surface area (Å²) in [6, 6.07) is 0. The topological polar surface area (TPSA) is 40.5 Å². The van der Waals surface area contributed by atoms with Gasteiger partial charge in [-0.1, -0.05) is 0 Å². The Bertz CT molecular complexity index is 155. The van der Waals surface area contributed by atoms with Gasteiger partial charge in [-0.05, 0) is 26.4 Å². The normalized spacial score (nSPS) is 23.2. The molecule has 1 heterocycles. The van der Waals surface area contributed by atoms with Gasteiger partial charge < -0.3 is 10.0 Å². The van der Waals surface area contributed by atoms with Gasteiger partial charge >= 0.3 is 5.97 Å². The van der Waals surface area contributed by atoms with Gasteiger partial charge in [-0.2, -0.15) is 0 Å². The van der Waals surface area contributed by atoms with Crippen LogP contribution in [0, 0.1) is 5.92 Å². The SMILES string of the molecule is CN1CCCC(C(=O)O)C1.ClCCl. The second-order valence-electron chi connectivity index (χ2n) is 3.04. The quantitative estimate of drug-likeness (QED) is 0.696. The molecular weight excluding hydrogens is 213 g/mol. The standard InChI is InChI=1S/C7H13NO2.CH2Cl2/c1-8-4-2-3-6(5-8)7(9)10;2-1-3/h6H,2-5H2,1H3,(H,9,10);1H2. The van der Waals surface area contributed by atoms with Crippen LogP contribution in [0.4, 0.5) is 0 Å². The Morgan fingerprint density at radius 3 is 2.46 bits per heavy atom. The van der Waals surface area contributed by atoms with Crippen molar-refractivity contribution in [3.05, 3.63) is 0 Å². The van der Waals surface area contributed by atoms with E-state index in [-0.39, 0.29) is 11.3 Å². The Labute approximate surface area is 88.6 Å². The monoisotopic (exact) mass is 227 g/mol. The molecule has 1 aliphatic rings. The maximum absolute atomic E-state index is 10.5. The predicted octanol–water partition coefficient (Wildman–Crippen LogP) is 1.83. The number of carboxylic acid groups (broad SMARTS) is 1. The van der Waals surface area contributed by atoms with E-state index in [9.17, 15) is 4.79 Å². The van der Waals surface area contributed by atoms with Crippen LogP contribution in [0.5, 0.6) is 0 Å². The van der Waals surface area contributed by atoms with Gasteiger partial charge in [-0.15, -0.1) is 23.2 Å². The molecule has 1 aliphatic heterocycles. The van der Waals surface area contributed by atoms with Gasteiger partial charge in [0.15, 0.2) is 0 Å². The molecule has 1 rings (SSSR count). The molecule has 1 saturated heterocycles. The molecule has 0 bridgehead atoms. The highest BCUT2D eigenvalue weighted by molar-refractivity contribution is 6.40. The maximum atomic E-state index is 10.5. The first-order chi connectivity index (χ1) is 6.11. The first kappa shape index (κ1) is 13.0. The van der Waals surface area contributed by atoms with E-state index < -0.39 is 5.97 Å². The van der Waals surface area contributed by atoms with Crippen LogP contribution in [0.2, 0.25) is 0 Å². The molecule has 0 saturated carbocycles. The lowest BCUT2D eigenvalue weighted by molar-refractivity contribution is -0.143. The number of piperidine rings is 1. The number of hydrogen-bond donors (Lipinski definition) is 1. The van der Waals surface area contributed by atoms with Crippen molar-refractivity contribution in [1.29, 1.82) is 0 Å². The molecule has 3 nitrogen and oxygen atoms in total. The summed E-state index contributed by atoms with van der Waals surface area (Å²) >= 11 is 9.53. The molecule has 1 fully saturated rings. The van der Waals surface area contributed by atoms with Crippen LogP contribution >= 0.6 is 23.2 Å². The number of alkyl halides is 2. The number of nitrogens with zero attached hydrogens (tertiary/aromatic N) is 1. The minimum Gasteiger partial charge on any atom is -0.481 e. The van der Waals surface area contributed by atoms with E-state index >= 15 is 0 Å². The average molecular weight is 228 g/mol. The van der Waals surface area contributed by atoms with Crippen LogP contribution in [-0.2, 0) is 4.79 Å². The highest BCUT2D eigenvalue weighted by Gasteiger charge is 2.22. The number of halogens is 2. The average Bonchev–Trinajstić information content (AvgIpc) is 2.05. The number of hydrogen-bond acceptors (Lipinski definition) is 2. The highest BCUT2D eigenvalue weighted by atomic mass is 35.5. The summed E-state index contributed by atoms with van der Waals surface area (Å²) in [5.74, 6) is -0.773. The first-order valence-electron chi connectivity index (χ1n) is 4.15. The van der Waals surface area contributed by atoms with E-state index in [1.54, 1.807) is 0 Å². The summed E-state index contributed by atoms with van der Waals surface area (Å²) in [5.41, 5.74) is 0. The lowest BCUT2D eigenvalue weighted by Gasteiger charge is -2.26. The molecule has 78 valence electrons. The van der Waals surface area contributed by atoms with Gasteiger partial charge in [-0.25, -0.2) is 0 Å². The summed E-state index contributed by atoms with van der Waals surface area (Å²) in [5, 5.41) is 8.82. The molecule has 1 N–H and O–H groups in total. The number of likely N-dealkylation sites (tertiary alicyclic amines) is 1. The number of carbonyl (C=O) groups is 1. The Kier molecular flexibility index (Phi) is 7.42. The van der Waals surface area contributed by atoms with E-state index in [0.29, 0.717) is 0 Å². The maximum Gasteiger partial charge on any atom is 0.307 e. The van der Waals surface area contributed by atoms with E-state index in [1.807, 2.05) is 7.05 Å². The molecule has 0 spiro atoms. The van der Waals surface area contributed by atoms with Crippen molar-refractivity contribution in [3.8, 4) is 0 Å². The predicted molar refractivity (Wildman–Crippen MR) is 54.4 cm³/mol. The van der Waals surface area contributed by atoms with Crippen molar-refractivity contribution in [2.24, 2.45) is 5.92 Å². The van der Waals surface area contributed by atoms with Gasteiger partial charge in [-0.3, -0.25) is 4.79 Å². The van der Waals surface area contributed by atoms with Crippen molar-refractivity contribution in [2.45, 2.75) is 12.8 Å². The number of aliphatic carboxylic acids is 1. The molecule has 0 aliphatic carbocycles. The second kappa shape index (κ2) is 7.42. The number of carboxylic acids is 1. The summed E-state index contributed by atoms with van der Waals surface area (Å²) in [6.07, 6.45) is 1.87. The van der Waals surface area contributed by atoms with E-state index in [0.717, 1.165) is 25.9 Å². The van der Waals surface area contributed by atoms with Crippen LogP contribution in [0.15, 0.2) is 0 Å². The summed E-state index contributed by atoms with van der Waals surface area (Å²) in [4.78, 5) is 12.5. The van der Waals surface area contributed by atoms with Crippen LogP contribution in [0.3, 0.4) is 0 Å². The zero-order valence-corrected chi connectivity index (χ0v) is 9.18. The van der Waals surface area contributed by atoms with Crippen molar-refractivity contribution in [1.82, 2.24) is 4.90 Å². The van der Waals surface area contributed by atoms with Crippen LogP contribution in [-0.4, -0.2) is 41.5 Å². The molecule has 0 aromatic rings. The van der Waals surface area contributed by atoms with Crippen LogP contribution in [0.25, 0.3) is 0 Å². The van der Waals surface area contributed by atoms with Crippen LogP contribution in [0.1, 0.15) is 12.8 Å². The molecule has 1 unspecified atom stereocenters. The molecule has 5 heteroatoms. The molecule has 0 aromatic heterocycles. The fraction of sp³-hybridized carbons (Fsp3) is 0.875. The molecule has 0 aromatic carbocycles. The smallest absolute Gasteiger partial charge is 0.307 e. The van der Waals surface area contributed by atoms with Gasteiger partial charge in [0.1, 0.15) is 0 Å². The Hall–Kier alpha value is 0.01000. The Morgan fingerprint density at radius 1 is 1.62 bits per heavy atom. The van der Waals surface area contributed by atoms with Gasteiger partial charge in [0.05, 0.1) is 11.3 Å². The molecular formula is C8H15Cl2NO2. The minimum atomic E-state index is -0.647. The first-order valence-corrected chi connectivity index (χ1v) is 5.22. The zero-order chi connectivity index (χ0) is 10.3. The third kappa shape index (κ3) is 6.13. The fourth-order valence-corrected chi connectivity index (χ4v) is 1.37. The largest absolute Gasteiger partial charge is 0.481 e. The third-order valence-corrected chi connectivity index (χ3v) is 1.97. The lowest BCUT2D eigenvalue weighted by atomic mass is 9.99. The number of rotatable bonds is 1. The van der Waals surface area contributed by atoms with E-state index in [4.69, 9.17) is 28.3 Å².